The van der Waals surface area contributed by atoms with Crippen LogP contribution in [0.5, 0.6) is 0 Å². The topological polar surface area (TPSA) is 106 Å². The summed E-state index contributed by atoms with van der Waals surface area (Å²) in [7, 11) is 1.88. The van der Waals surface area contributed by atoms with E-state index >= 15 is 0 Å². The molecule has 9 nitrogen and oxygen atoms in total. The summed E-state index contributed by atoms with van der Waals surface area (Å²) in [6.45, 7) is 0.581. The molecule has 4 N–H and O–H groups in total. The van der Waals surface area contributed by atoms with Crippen LogP contribution in [0.3, 0.4) is 0 Å². The van der Waals surface area contributed by atoms with Crippen molar-refractivity contribution >= 4 is 33.9 Å². The van der Waals surface area contributed by atoms with Crippen molar-refractivity contribution in [2.75, 3.05) is 17.2 Å². The van der Waals surface area contributed by atoms with Gasteiger partial charge in [0.05, 0.1) is 39.2 Å². The van der Waals surface area contributed by atoms with Gasteiger partial charge in [-0.2, -0.15) is 10.4 Å². The molecule has 1 unspecified atom stereocenters. The fourth-order valence-corrected chi connectivity index (χ4v) is 5.00. The number of benzene rings is 2. The summed E-state index contributed by atoms with van der Waals surface area (Å²) in [4.78, 5) is 4.46. The molecule has 1 fully saturated rings. The Hall–Kier alpha value is -4.33. The van der Waals surface area contributed by atoms with E-state index in [-0.39, 0.29) is 11.9 Å². The Balaban J connectivity index is 1.34. The second kappa shape index (κ2) is 10.4. The number of hydrogen-bond donors (Lipinski definition) is 4. The van der Waals surface area contributed by atoms with E-state index in [1.165, 1.54) is 18.3 Å². The molecular formula is C28H27ClFN9. The predicted molar refractivity (Wildman–Crippen MR) is 149 cm³/mol. The summed E-state index contributed by atoms with van der Waals surface area (Å²) < 4.78 is 15.5. The molecule has 0 saturated heterocycles. The average Bonchev–Trinajstić information content (AvgIpc) is 3.52. The van der Waals surface area contributed by atoms with E-state index in [0.29, 0.717) is 40.8 Å². The fourth-order valence-electron chi connectivity index (χ4n) is 4.73. The van der Waals surface area contributed by atoms with Crippen LogP contribution in [0.25, 0.3) is 10.9 Å². The molecule has 2 aromatic carbocycles. The zero-order valence-corrected chi connectivity index (χ0v) is 22.0. The van der Waals surface area contributed by atoms with E-state index in [2.05, 4.69) is 42.8 Å². The Morgan fingerprint density at radius 2 is 2.05 bits per heavy atom. The van der Waals surface area contributed by atoms with E-state index in [4.69, 9.17) is 11.6 Å². The molecule has 2 aromatic heterocycles. The molecule has 0 spiro atoms. The Labute approximate surface area is 230 Å². The van der Waals surface area contributed by atoms with Gasteiger partial charge in [0, 0.05) is 55.7 Å². The quantitative estimate of drug-likeness (QED) is 0.239. The first kappa shape index (κ1) is 25.0. The highest BCUT2D eigenvalue weighted by Gasteiger charge is 2.32. The van der Waals surface area contributed by atoms with E-state index in [9.17, 15) is 9.65 Å². The van der Waals surface area contributed by atoms with Crippen LogP contribution >= 0.6 is 11.6 Å². The molecule has 2 aliphatic rings. The van der Waals surface area contributed by atoms with Crippen molar-refractivity contribution in [2.45, 2.75) is 31.3 Å². The van der Waals surface area contributed by atoms with Gasteiger partial charge in [-0.25, -0.2) is 4.39 Å². The van der Waals surface area contributed by atoms with Crippen molar-refractivity contribution < 1.29 is 4.39 Å². The SMILES string of the molecule is Cn1ccc(CCNc2c(C#N)cnc3c(Cl)cc(NC(C4=CN(C5CC5)NN4)c4ccc(F)cc4)cc23)n1. The van der Waals surface area contributed by atoms with Crippen LogP contribution in [0.2, 0.25) is 5.02 Å². The molecule has 0 bridgehead atoms. The third-order valence-corrected chi connectivity index (χ3v) is 7.16. The number of nitrogens with zero attached hydrogens (tertiary/aromatic N) is 5. The number of hydrogen-bond acceptors (Lipinski definition) is 8. The van der Waals surface area contributed by atoms with Crippen LogP contribution in [0, 0.1) is 17.1 Å². The molecule has 1 atom stereocenters. The summed E-state index contributed by atoms with van der Waals surface area (Å²) in [5.41, 5.74) is 11.6. The third-order valence-electron chi connectivity index (χ3n) is 6.87. The predicted octanol–water partition coefficient (Wildman–Crippen LogP) is 4.77. The highest BCUT2D eigenvalue weighted by molar-refractivity contribution is 6.35. The summed E-state index contributed by atoms with van der Waals surface area (Å²) in [6.07, 6.45) is 8.45. The van der Waals surface area contributed by atoms with Crippen LogP contribution in [-0.2, 0) is 13.5 Å². The van der Waals surface area contributed by atoms with Gasteiger partial charge in [0.25, 0.3) is 0 Å². The number of nitriles is 1. The normalized spacial score (nSPS) is 15.5. The minimum absolute atomic E-state index is 0.297. The van der Waals surface area contributed by atoms with Crippen molar-refractivity contribution in [2.24, 2.45) is 7.05 Å². The largest absolute Gasteiger partial charge is 0.383 e. The molecule has 39 heavy (non-hydrogen) atoms. The standard InChI is InChI=1S/C28H27ClFN9/c1-38-11-9-20(36-38)8-10-32-26-18(14-31)15-33-28-23(26)12-21(13-24(28)29)34-27(17-2-4-19(30)5-3-17)25-16-39(37-35-25)22-6-7-22/h2-5,9,11-13,15-16,22,27,34-35,37H,6-8,10H2,1H3,(H,32,33). The van der Waals surface area contributed by atoms with Crippen molar-refractivity contribution in [1.82, 2.24) is 30.7 Å². The monoisotopic (exact) mass is 543 g/mol. The number of pyridine rings is 1. The Bertz CT molecular complexity index is 1590. The number of aromatic nitrogens is 3. The van der Waals surface area contributed by atoms with Crippen LogP contribution in [0.4, 0.5) is 15.8 Å². The zero-order chi connectivity index (χ0) is 26.9. The van der Waals surface area contributed by atoms with Crippen LogP contribution in [-0.4, -0.2) is 32.4 Å². The van der Waals surface area contributed by atoms with Crippen molar-refractivity contribution in [1.29, 1.82) is 5.26 Å². The molecule has 3 heterocycles. The van der Waals surface area contributed by atoms with Gasteiger partial charge in [0.1, 0.15) is 11.9 Å². The third kappa shape index (κ3) is 5.32. The van der Waals surface area contributed by atoms with E-state index in [1.54, 1.807) is 16.8 Å². The zero-order valence-electron chi connectivity index (χ0n) is 21.2. The van der Waals surface area contributed by atoms with E-state index in [1.807, 2.05) is 37.6 Å². The molecular weight excluding hydrogens is 517 g/mol. The lowest BCUT2D eigenvalue weighted by Crippen LogP contribution is -2.38. The molecule has 0 amide bonds. The van der Waals surface area contributed by atoms with Crippen molar-refractivity contribution in [3.8, 4) is 6.07 Å². The molecule has 6 rings (SSSR count). The first-order valence-electron chi connectivity index (χ1n) is 12.8. The molecule has 1 saturated carbocycles. The number of nitrogens with one attached hydrogen (secondary N) is 4. The molecule has 4 aromatic rings. The summed E-state index contributed by atoms with van der Waals surface area (Å²) in [5.74, 6) is -0.297. The van der Waals surface area contributed by atoms with E-state index in [0.717, 1.165) is 40.9 Å². The van der Waals surface area contributed by atoms with E-state index < -0.39 is 0 Å². The van der Waals surface area contributed by atoms with Gasteiger partial charge in [-0.15, -0.1) is 5.53 Å². The summed E-state index contributed by atoms with van der Waals surface area (Å²) >= 11 is 6.72. The molecule has 1 aliphatic carbocycles. The van der Waals surface area contributed by atoms with Gasteiger partial charge in [-0.3, -0.25) is 14.7 Å². The lowest BCUT2D eigenvalue weighted by atomic mass is 10.0. The number of fused-ring (bicyclic) bond motifs is 1. The Morgan fingerprint density at radius 1 is 1.23 bits per heavy atom. The minimum atomic E-state index is -0.317. The molecule has 198 valence electrons. The van der Waals surface area contributed by atoms with Gasteiger partial charge >= 0.3 is 0 Å². The number of halogens is 2. The van der Waals surface area contributed by atoms with Gasteiger partial charge in [-0.1, -0.05) is 23.7 Å². The maximum absolute atomic E-state index is 13.8. The number of anilines is 2. The highest BCUT2D eigenvalue weighted by atomic mass is 35.5. The average molecular weight is 544 g/mol. The molecule has 11 heteroatoms. The van der Waals surface area contributed by atoms with Gasteiger partial charge in [-0.05, 0) is 48.7 Å². The summed E-state index contributed by atoms with van der Waals surface area (Å²) in [5, 5.41) is 24.5. The maximum atomic E-state index is 13.8. The minimum Gasteiger partial charge on any atom is -0.383 e. The first-order chi connectivity index (χ1) is 19.0. The van der Waals surface area contributed by atoms with Crippen LogP contribution < -0.4 is 21.6 Å². The fraction of sp³-hybridized carbons (Fsp3) is 0.250. The smallest absolute Gasteiger partial charge is 0.123 e. The van der Waals surface area contributed by atoms with Crippen molar-refractivity contribution in [3.05, 3.63) is 94.4 Å². The van der Waals surface area contributed by atoms with Gasteiger partial charge < -0.3 is 16.1 Å². The molecule has 0 radical (unpaired) electrons. The van der Waals surface area contributed by atoms with Crippen LogP contribution in [0.1, 0.15) is 35.7 Å². The Morgan fingerprint density at radius 3 is 2.77 bits per heavy atom. The summed E-state index contributed by atoms with van der Waals surface area (Å²) in [6, 6.07) is 14.5. The number of hydrazine groups is 2. The van der Waals surface area contributed by atoms with Gasteiger partial charge in [0.15, 0.2) is 0 Å². The second-order valence-corrected chi connectivity index (χ2v) is 10.2. The highest BCUT2D eigenvalue weighted by Crippen LogP contribution is 2.36. The number of rotatable bonds is 9. The first-order valence-corrected chi connectivity index (χ1v) is 13.1. The lowest BCUT2D eigenvalue weighted by molar-refractivity contribution is 0.260. The number of aryl methyl sites for hydroxylation is 1. The van der Waals surface area contributed by atoms with Crippen molar-refractivity contribution in [3.63, 3.8) is 0 Å². The second-order valence-electron chi connectivity index (χ2n) is 9.76. The van der Waals surface area contributed by atoms with Crippen LogP contribution in [0.15, 0.2) is 66.8 Å². The Kier molecular flexibility index (Phi) is 6.69. The lowest BCUT2D eigenvalue weighted by Gasteiger charge is -2.22. The molecule has 1 aliphatic heterocycles. The van der Waals surface area contributed by atoms with Gasteiger partial charge in [0.2, 0.25) is 0 Å². The maximum Gasteiger partial charge on any atom is 0.123 e.